The lowest BCUT2D eigenvalue weighted by molar-refractivity contribution is 0.0965. The van der Waals surface area contributed by atoms with Crippen molar-refractivity contribution < 1.29 is 14.3 Å². The maximum atomic E-state index is 13.5. The molecule has 1 aromatic heterocycles. The van der Waals surface area contributed by atoms with E-state index in [-0.39, 0.29) is 5.91 Å². The fourth-order valence-electron chi connectivity index (χ4n) is 4.97. The molecule has 5 rings (SSSR count). The molecule has 0 bridgehead atoms. The molecule has 0 atom stereocenters. The van der Waals surface area contributed by atoms with Crippen LogP contribution in [0, 0.1) is 0 Å². The third-order valence-corrected chi connectivity index (χ3v) is 6.94. The van der Waals surface area contributed by atoms with Crippen molar-refractivity contribution in [1.82, 2.24) is 9.47 Å². The Hall–Kier alpha value is -3.05. The second-order valence-corrected chi connectivity index (χ2v) is 9.24. The van der Waals surface area contributed by atoms with E-state index in [0.717, 1.165) is 60.3 Å². The third-order valence-electron chi connectivity index (χ3n) is 6.94. The number of carbonyl (C=O) groups is 1. The SMILES string of the molecule is COc1ccc(C(=O)n2cc(C3=CCN(C)CC3)c3cc(OC4CCCCC4)ccc32)cc1. The molecule has 33 heavy (non-hydrogen) atoms. The summed E-state index contributed by atoms with van der Waals surface area (Å²) in [6.45, 7) is 1.94. The lowest BCUT2D eigenvalue weighted by atomic mass is 9.97. The van der Waals surface area contributed by atoms with Crippen LogP contribution in [-0.4, -0.2) is 48.7 Å². The minimum absolute atomic E-state index is 0.0385. The Morgan fingerprint density at radius 3 is 2.45 bits per heavy atom. The van der Waals surface area contributed by atoms with Gasteiger partial charge in [0, 0.05) is 35.8 Å². The summed E-state index contributed by atoms with van der Waals surface area (Å²) in [4.78, 5) is 15.8. The van der Waals surface area contributed by atoms with Crippen LogP contribution in [0.5, 0.6) is 11.5 Å². The molecule has 0 amide bonds. The van der Waals surface area contributed by atoms with Crippen molar-refractivity contribution in [1.29, 1.82) is 0 Å². The van der Waals surface area contributed by atoms with Gasteiger partial charge in [0.1, 0.15) is 11.5 Å². The van der Waals surface area contributed by atoms with Gasteiger partial charge in [0.15, 0.2) is 0 Å². The van der Waals surface area contributed by atoms with Crippen molar-refractivity contribution in [2.45, 2.75) is 44.6 Å². The van der Waals surface area contributed by atoms with Crippen molar-refractivity contribution in [2.75, 3.05) is 27.2 Å². The van der Waals surface area contributed by atoms with Crippen molar-refractivity contribution in [3.63, 3.8) is 0 Å². The maximum absolute atomic E-state index is 13.5. The summed E-state index contributed by atoms with van der Waals surface area (Å²) in [5.41, 5.74) is 3.99. The molecule has 5 heteroatoms. The Morgan fingerprint density at radius 2 is 1.76 bits per heavy atom. The number of hydrogen-bond acceptors (Lipinski definition) is 4. The van der Waals surface area contributed by atoms with Crippen molar-refractivity contribution >= 4 is 22.4 Å². The molecule has 0 N–H and O–H groups in total. The third kappa shape index (κ3) is 4.55. The number of fused-ring (bicyclic) bond motifs is 1. The predicted molar refractivity (Wildman–Crippen MR) is 132 cm³/mol. The van der Waals surface area contributed by atoms with Crippen molar-refractivity contribution in [3.05, 3.63) is 65.9 Å². The van der Waals surface area contributed by atoms with Crippen LogP contribution in [0.15, 0.2) is 54.7 Å². The molecule has 1 aliphatic carbocycles. The van der Waals surface area contributed by atoms with Crippen LogP contribution in [0.3, 0.4) is 0 Å². The monoisotopic (exact) mass is 444 g/mol. The number of benzene rings is 2. The highest BCUT2D eigenvalue weighted by Gasteiger charge is 2.21. The number of ether oxygens (including phenoxy) is 2. The summed E-state index contributed by atoms with van der Waals surface area (Å²) in [6.07, 6.45) is 11.6. The van der Waals surface area contributed by atoms with E-state index in [1.807, 2.05) is 42.6 Å². The number of hydrogen-bond donors (Lipinski definition) is 0. The fourth-order valence-corrected chi connectivity index (χ4v) is 4.97. The van der Waals surface area contributed by atoms with Gasteiger partial charge in [-0.2, -0.15) is 0 Å². The maximum Gasteiger partial charge on any atom is 0.262 e. The standard InChI is InChI=1S/C28H32N2O3/c1-29-16-14-20(15-17-29)26-19-30(28(31)21-8-10-22(32-2)11-9-21)27-13-12-24(18-25(26)27)33-23-6-4-3-5-7-23/h8-14,18-19,23H,3-7,15-17H2,1-2H3. The van der Waals surface area contributed by atoms with E-state index in [4.69, 9.17) is 9.47 Å². The summed E-state index contributed by atoms with van der Waals surface area (Å²) in [5.74, 6) is 1.60. The van der Waals surface area contributed by atoms with E-state index >= 15 is 0 Å². The van der Waals surface area contributed by atoms with Crippen LogP contribution < -0.4 is 9.47 Å². The van der Waals surface area contributed by atoms with E-state index in [1.54, 1.807) is 11.7 Å². The van der Waals surface area contributed by atoms with Crippen LogP contribution in [-0.2, 0) is 0 Å². The quantitative estimate of drug-likeness (QED) is 0.501. The smallest absolute Gasteiger partial charge is 0.262 e. The topological polar surface area (TPSA) is 43.7 Å². The largest absolute Gasteiger partial charge is 0.497 e. The van der Waals surface area contributed by atoms with Gasteiger partial charge >= 0.3 is 0 Å². The molecule has 172 valence electrons. The molecule has 0 radical (unpaired) electrons. The number of likely N-dealkylation sites (N-methyl/N-ethyl adjacent to an activating group) is 1. The first-order valence-corrected chi connectivity index (χ1v) is 12.0. The zero-order chi connectivity index (χ0) is 22.8. The first-order chi connectivity index (χ1) is 16.1. The molecule has 2 heterocycles. The molecule has 2 aromatic carbocycles. The molecule has 0 spiro atoms. The first-order valence-electron chi connectivity index (χ1n) is 12.0. The number of rotatable bonds is 5. The molecular weight excluding hydrogens is 412 g/mol. The number of methoxy groups -OCH3 is 1. The van der Waals surface area contributed by atoms with Crippen LogP contribution >= 0.6 is 0 Å². The zero-order valence-corrected chi connectivity index (χ0v) is 19.5. The summed E-state index contributed by atoms with van der Waals surface area (Å²) in [7, 11) is 3.77. The van der Waals surface area contributed by atoms with Gasteiger partial charge in [-0.05, 0) is 87.2 Å². The Balaban J connectivity index is 1.55. The predicted octanol–water partition coefficient (Wildman–Crippen LogP) is 5.77. The van der Waals surface area contributed by atoms with Gasteiger partial charge in [-0.1, -0.05) is 12.5 Å². The Labute approximate surface area is 195 Å². The van der Waals surface area contributed by atoms with Crippen LogP contribution in [0.1, 0.15) is 54.4 Å². The van der Waals surface area contributed by atoms with E-state index in [2.05, 4.69) is 24.1 Å². The molecule has 0 unspecified atom stereocenters. The Bertz CT molecular complexity index is 1170. The summed E-state index contributed by atoms with van der Waals surface area (Å²) in [5, 5.41) is 1.08. The second kappa shape index (κ2) is 9.44. The number of aromatic nitrogens is 1. The molecule has 1 aliphatic heterocycles. The van der Waals surface area contributed by atoms with E-state index < -0.39 is 0 Å². The van der Waals surface area contributed by atoms with Crippen LogP contribution in [0.25, 0.3) is 16.5 Å². The van der Waals surface area contributed by atoms with Gasteiger partial charge in [0.05, 0.1) is 18.7 Å². The van der Waals surface area contributed by atoms with Crippen LogP contribution in [0.4, 0.5) is 0 Å². The minimum Gasteiger partial charge on any atom is -0.497 e. The number of carbonyl (C=O) groups excluding carboxylic acids is 1. The molecule has 1 saturated carbocycles. The highest BCUT2D eigenvalue weighted by Crippen LogP contribution is 2.34. The van der Waals surface area contributed by atoms with E-state index in [0.29, 0.717) is 11.7 Å². The van der Waals surface area contributed by atoms with Crippen molar-refractivity contribution in [2.24, 2.45) is 0 Å². The highest BCUT2D eigenvalue weighted by molar-refractivity contribution is 6.05. The summed E-state index contributed by atoms with van der Waals surface area (Å²) < 4.78 is 13.4. The van der Waals surface area contributed by atoms with E-state index in [1.165, 1.54) is 24.8 Å². The van der Waals surface area contributed by atoms with Gasteiger partial charge in [0.25, 0.3) is 5.91 Å². The molecular formula is C28H32N2O3. The fraction of sp³-hybridized carbons (Fsp3) is 0.393. The van der Waals surface area contributed by atoms with Gasteiger partial charge in [-0.25, -0.2) is 0 Å². The minimum atomic E-state index is -0.0385. The number of nitrogens with zero attached hydrogens (tertiary/aromatic N) is 2. The molecule has 2 aliphatic rings. The summed E-state index contributed by atoms with van der Waals surface area (Å²) in [6, 6.07) is 13.5. The second-order valence-electron chi connectivity index (χ2n) is 9.24. The highest BCUT2D eigenvalue weighted by atomic mass is 16.5. The summed E-state index contributed by atoms with van der Waals surface area (Å²) >= 11 is 0. The van der Waals surface area contributed by atoms with Crippen LogP contribution in [0.2, 0.25) is 0 Å². The lowest BCUT2D eigenvalue weighted by Crippen LogP contribution is -2.23. The van der Waals surface area contributed by atoms with Gasteiger partial charge < -0.3 is 14.4 Å². The average molecular weight is 445 g/mol. The zero-order valence-electron chi connectivity index (χ0n) is 19.5. The molecule has 5 nitrogen and oxygen atoms in total. The van der Waals surface area contributed by atoms with Gasteiger partial charge in [-0.3, -0.25) is 9.36 Å². The molecule has 3 aromatic rings. The Kier molecular flexibility index (Phi) is 6.23. The lowest BCUT2D eigenvalue weighted by Gasteiger charge is -2.23. The van der Waals surface area contributed by atoms with Gasteiger partial charge in [0.2, 0.25) is 0 Å². The van der Waals surface area contributed by atoms with E-state index in [9.17, 15) is 4.79 Å². The van der Waals surface area contributed by atoms with Gasteiger partial charge in [-0.15, -0.1) is 0 Å². The van der Waals surface area contributed by atoms with Crippen molar-refractivity contribution in [3.8, 4) is 11.5 Å². The normalized spacial score (nSPS) is 17.7. The average Bonchev–Trinajstić information content (AvgIpc) is 3.23. The Morgan fingerprint density at radius 1 is 1.00 bits per heavy atom. The molecule has 0 saturated heterocycles. The first kappa shape index (κ1) is 21.8. The molecule has 1 fully saturated rings.